The Morgan fingerprint density at radius 2 is 2.06 bits per heavy atom. The van der Waals surface area contributed by atoms with Crippen LogP contribution in [0.4, 0.5) is 0 Å². The van der Waals surface area contributed by atoms with E-state index in [0.29, 0.717) is 0 Å². The van der Waals surface area contributed by atoms with Crippen molar-refractivity contribution in [2.24, 2.45) is 0 Å². The van der Waals surface area contributed by atoms with Crippen molar-refractivity contribution in [2.75, 3.05) is 0 Å². The molecular weight excluding hydrogens is 248 g/mol. The van der Waals surface area contributed by atoms with Crippen LogP contribution in [0, 0.1) is 0 Å². The number of para-hydroxylation sites is 2. The largest absolute Gasteiger partial charge is 0.341 e. The zero-order chi connectivity index (χ0) is 11.5. The minimum Gasteiger partial charge on any atom is -0.341 e. The first-order chi connectivity index (χ1) is 8.42. The fourth-order valence-electron chi connectivity index (χ4n) is 1.72. The van der Waals surface area contributed by atoms with Gasteiger partial charge in [0, 0.05) is 10.6 Å². The highest BCUT2D eigenvalue weighted by Crippen LogP contribution is 2.21. The van der Waals surface area contributed by atoms with Crippen molar-refractivity contribution in [3.05, 3.63) is 52.5 Å². The average molecular weight is 260 g/mol. The van der Waals surface area contributed by atoms with Gasteiger partial charge in [-0.1, -0.05) is 18.2 Å². The van der Waals surface area contributed by atoms with Gasteiger partial charge < -0.3 is 4.98 Å². The maximum atomic E-state index is 4.56. The minimum absolute atomic E-state index is 0.937. The number of thiophene rings is 1. The SMILES string of the molecule is c1csc(CSCc2nc3ccccc3[nH]2)c1. The summed E-state index contributed by atoms with van der Waals surface area (Å²) in [5.74, 6) is 3.06. The molecule has 2 heterocycles. The zero-order valence-electron chi connectivity index (χ0n) is 9.22. The molecule has 1 aromatic carbocycles. The molecule has 0 bridgehead atoms. The molecule has 0 unspecified atom stereocenters. The molecule has 0 saturated carbocycles. The van der Waals surface area contributed by atoms with Crippen molar-refractivity contribution in [3.8, 4) is 0 Å². The number of nitrogens with zero attached hydrogens (tertiary/aromatic N) is 1. The average Bonchev–Trinajstić information content (AvgIpc) is 2.96. The molecule has 1 N–H and O–H groups in total. The van der Waals surface area contributed by atoms with Crippen LogP contribution in [-0.2, 0) is 11.5 Å². The monoisotopic (exact) mass is 260 g/mol. The molecule has 0 aliphatic rings. The first kappa shape index (κ1) is 10.9. The van der Waals surface area contributed by atoms with E-state index in [-0.39, 0.29) is 0 Å². The second-order valence-corrected chi connectivity index (χ2v) is 5.79. The fraction of sp³-hybridized carbons (Fsp3) is 0.154. The van der Waals surface area contributed by atoms with Gasteiger partial charge in [0.15, 0.2) is 0 Å². The predicted octanol–water partition coefficient (Wildman–Crippen LogP) is 4.06. The summed E-state index contributed by atoms with van der Waals surface area (Å²) in [5, 5.41) is 2.12. The van der Waals surface area contributed by atoms with Gasteiger partial charge in [0.05, 0.1) is 16.8 Å². The van der Waals surface area contributed by atoms with Crippen molar-refractivity contribution in [1.82, 2.24) is 9.97 Å². The Labute approximate surface area is 108 Å². The normalized spacial score (nSPS) is 11.1. The van der Waals surface area contributed by atoms with Crippen LogP contribution in [0.2, 0.25) is 0 Å². The molecule has 3 aromatic rings. The van der Waals surface area contributed by atoms with Crippen LogP contribution in [0.3, 0.4) is 0 Å². The number of H-pyrrole nitrogens is 1. The molecule has 2 aromatic heterocycles. The van der Waals surface area contributed by atoms with Crippen molar-refractivity contribution in [1.29, 1.82) is 0 Å². The Bertz CT molecular complexity index is 566. The van der Waals surface area contributed by atoms with Crippen LogP contribution >= 0.6 is 23.1 Å². The number of fused-ring (bicyclic) bond motifs is 1. The zero-order valence-corrected chi connectivity index (χ0v) is 10.9. The standard InChI is InChI=1S/C13H12N2S2/c1-2-6-12-11(5-1)14-13(15-12)9-16-8-10-4-3-7-17-10/h1-7H,8-9H2,(H,14,15). The van der Waals surface area contributed by atoms with Gasteiger partial charge in [0.2, 0.25) is 0 Å². The number of rotatable bonds is 4. The van der Waals surface area contributed by atoms with Crippen LogP contribution in [0.1, 0.15) is 10.7 Å². The minimum atomic E-state index is 0.937. The summed E-state index contributed by atoms with van der Waals surface area (Å²) in [4.78, 5) is 9.33. The first-order valence-electron chi connectivity index (χ1n) is 5.45. The Kier molecular flexibility index (Phi) is 3.16. The van der Waals surface area contributed by atoms with E-state index < -0.39 is 0 Å². The number of aromatic amines is 1. The summed E-state index contributed by atoms with van der Waals surface area (Å²) in [5.41, 5.74) is 2.18. The lowest BCUT2D eigenvalue weighted by Gasteiger charge is -1.95. The van der Waals surface area contributed by atoms with Crippen LogP contribution < -0.4 is 0 Å². The highest BCUT2D eigenvalue weighted by atomic mass is 32.2. The van der Waals surface area contributed by atoms with Gasteiger partial charge in [0.1, 0.15) is 5.82 Å². The van der Waals surface area contributed by atoms with Crippen molar-refractivity contribution in [2.45, 2.75) is 11.5 Å². The molecular formula is C13H12N2S2. The lowest BCUT2D eigenvalue weighted by atomic mass is 10.3. The van der Waals surface area contributed by atoms with E-state index in [4.69, 9.17) is 0 Å². The summed E-state index contributed by atoms with van der Waals surface area (Å²) in [7, 11) is 0. The summed E-state index contributed by atoms with van der Waals surface area (Å²) in [6, 6.07) is 12.4. The summed E-state index contributed by atoms with van der Waals surface area (Å²) >= 11 is 3.71. The molecule has 0 saturated heterocycles. The molecule has 86 valence electrons. The molecule has 17 heavy (non-hydrogen) atoms. The Balaban J connectivity index is 1.65. The number of imidazole rings is 1. The summed E-state index contributed by atoms with van der Waals surface area (Å²) in [6.07, 6.45) is 0. The van der Waals surface area contributed by atoms with Crippen LogP contribution in [-0.4, -0.2) is 9.97 Å². The summed E-state index contributed by atoms with van der Waals surface area (Å²) < 4.78 is 0. The number of benzene rings is 1. The van der Waals surface area contributed by atoms with Crippen LogP contribution in [0.5, 0.6) is 0 Å². The van der Waals surface area contributed by atoms with Crippen LogP contribution in [0.15, 0.2) is 41.8 Å². The number of thioether (sulfide) groups is 1. The Morgan fingerprint density at radius 1 is 1.12 bits per heavy atom. The van der Waals surface area contributed by atoms with Crippen molar-refractivity contribution in [3.63, 3.8) is 0 Å². The molecule has 0 spiro atoms. The smallest absolute Gasteiger partial charge is 0.117 e. The van der Waals surface area contributed by atoms with Gasteiger partial charge in [-0.25, -0.2) is 4.98 Å². The van der Waals surface area contributed by atoms with E-state index in [1.54, 1.807) is 0 Å². The van der Waals surface area contributed by atoms with Gasteiger partial charge in [-0.3, -0.25) is 0 Å². The van der Waals surface area contributed by atoms with E-state index in [9.17, 15) is 0 Å². The van der Waals surface area contributed by atoms with Gasteiger partial charge in [-0.05, 0) is 23.6 Å². The number of aromatic nitrogens is 2. The number of hydrogen-bond acceptors (Lipinski definition) is 3. The van der Waals surface area contributed by atoms with Gasteiger partial charge in [-0.2, -0.15) is 0 Å². The highest BCUT2D eigenvalue weighted by molar-refractivity contribution is 7.97. The molecule has 0 fully saturated rings. The molecule has 0 atom stereocenters. The van der Waals surface area contributed by atoms with Gasteiger partial charge in [0.25, 0.3) is 0 Å². The van der Waals surface area contributed by atoms with Crippen molar-refractivity contribution < 1.29 is 0 Å². The Hall–Kier alpha value is -1.26. The van der Waals surface area contributed by atoms with E-state index in [0.717, 1.165) is 28.4 Å². The van der Waals surface area contributed by atoms with Crippen LogP contribution in [0.25, 0.3) is 11.0 Å². The molecule has 4 heteroatoms. The van der Waals surface area contributed by atoms with E-state index in [1.165, 1.54) is 4.88 Å². The topological polar surface area (TPSA) is 28.7 Å². The highest BCUT2D eigenvalue weighted by Gasteiger charge is 2.02. The van der Waals surface area contributed by atoms with E-state index in [2.05, 4.69) is 33.5 Å². The Morgan fingerprint density at radius 3 is 2.88 bits per heavy atom. The lowest BCUT2D eigenvalue weighted by Crippen LogP contribution is -1.83. The fourth-order valence-corrected chi connectivity index (χ4v) is 3.46. The van der Waals surface area contributed by atoms with E-state index in [1.807, 2.05) is 41.3 Å². The van der Waals surface area contributed by atoms with Crippen molar-refractivity contribution >= 4 is 34.1 Å². The predicted molar refractivity (Wildman–Crippen MR) is 75.4 cm³/mol. The maximum absolute atomic E-state index is 4.56. The molecule has 0 aliphatic heterocycles. The molecule has 0 aliphatic carbocycles. The van der Waals surface area contributed by atoms with Gasteiger partial charge in [-0.15, -0.1) is 23.1 Å². The molecule has 0 radical (unpaired) electrons. The van der Waals surface area contributed by atoms with E-state index >= 15 is 0 Å². The third-order valence-corrected chi connectivity index (χ3v) is 4.55. The molecule has 0 amide bonds. The number of nitrogens with one attached hydrogen (secondary N) is 1. The maximum Gasteiger partial charge on any atom is 0.117 e. The molecule has 2 nitrogen and oxygen atoms in total. The third kappa shape index (κ3) is 2.53. The summed E-state index contributed by atoms with van der Waals surface area (Å²) in [6.45, 7) is 0. The third-order valence-electron chi connectivity index (χ3n) is 2.50. The quantitative estimate of drug-likeness (QED) is 0.766. The second-order valence-electron chi connectivity index (χ2n) is 3.77. The lowest BCUT2D eigenvalue weighted by molar-refractivity contribution is 1.14. The van der Waals surface area contributed by atoms with Gasteiger partial charge >= 0.3 is 0 Å². The first-order valence-corrected chi connectivity index (χ1v) is 7.49. The molecule has 3 rings (SSSR count). The second kappa shape index (κ2) is 4.94. The number of hydrogen-bond donors (Lipinski definition) is 1.